The maximum atomic E-state index is 5.90. The number of hydrogen-bond donors (Lipinski definition) is 2. The van der Waals surface area contributed by atoms with E-state index in [0.717, 1.165) is 60.6 Å². The predicted molar refractivity (Wildman–Crippen MR) is 128 cm³/mol. The number of ether oxygens (including phenoxy) is 1. The molecule has 0 atom stereocenters. The molecule has 1 aliphatic rings. The van der Waals surface area contributed by atoms with Gasteiger partial charge in [0, 0.05) is 38.1 Å². The highest BCUT2D eigenvalue weighted by Crippen LogP contribution is 2.26. The van der Waals surface area contributed by atoms with Gasteiger partial charge in [0.05, 0.1) is 5.52 Å². The van der Waals surface area contributed by atoms with Crippen molar-refractivity contribution in [3.05, 3.63) is 54.1 Å². The van der Waals surface area contributed by atoms with Crippen molar-refractivity contribution in [3.63, 3.8) is 0 Å². The molecule has 6 heteroatoms. The van der Waals surface area contributed by atoms with Crippen LogP contribution in [0.1, 0.15) is 31.2 Å². The van der Waals surface area contributed by atoms with Gasteiger partial charge in [-0.1, -0.05) is 30.3 Å². The molecule has 1 fully saturated rings. The molecule has 3 aromatic rings. The fourth-order valence-corrected chi connectivity index (χ4v) is 4.23. The van der Waals surface area contributed by atoms with Crippen molar-refractivity contribution in [1.82, 2.24) is 15.3 Å². The number of anilines is 2. The average Bonchev–Trinajstić information content (AvgIpc) is 2.78. The summed E-state index contributed by atoms with van der Waals surface area (Å²) in [6, 6.07) is 17.3. The lowest BCUT2D eigenvalue weighted by molar-refractivity contribution is 0.284. The Hall–Kier alpha value is -2.86. The molecule has 0 amide bonds. The molecule has 6 nitrogen and oxygen atoms in total. The fraction of sp³-hybridized carbons (Fsp3) is 0.440. The minimum absolute atomic E-state index is 0.414. The number of aryl methyl sites for hydroxylation is 1. The van der Waals surface area contributed by atoms with Gasteiger partial charge in [-0.05, 0) is 56.4 Å². The van der Waals surface area contributed by atoms with Crippen LogP contribution in [-0.2, 0) is 0 Å². The van der Waals surface area contributed by atoms with Crippen molar-refractivity contribution in [1.29, 1.82) is 0 Å². The lowest BCUT2D eigenvalue weighted by Crippen LogP contribution is -2.38. The highest BCUT2D eigenvalue weighted by atomic mass is 16.5. The number of aromatic nitrogens is 2. The van der Waals surface area contributed by atoms with E-state index in [4.69, 9.17) is 14.7 Å². The lowest BCUT2D eigenvalue weighted by atomic mass is 9.91. The van der Waals surface area contributed by atoms with Gasteiger partial charge in [-0.15, -0.1) is 0 Å². The summed E-state index contributed by atoms with van der Waals surface area (Å²) in [4.78, 5) is 11.6. The first-order valence-corrected chi connectivity index (χ1v) is 11.2. The van der Waals surface area contributed by atoms with Gasteiger partial charge in [0.15, 0.2) is 0 Å². The highest BCUT2D eigenvalue weighted by Gasteiger charge is 2.22. The van der Waals surface area contributed by atoms with Gasteiger partial charge in [-0.25, -0.2) is 4.98 Å². The minimum Gasteiger partial charge on any atom is -0.492 e. The molecule has 0 saturated heterocycles. The quantitative estimate of drug-likeness (QED) is 0.528. The maximum Gasteiger partial charge on any atom is 0.225 e. The molecule has 1 aromatic heterocycles. The van der Waals surface area contributed by atoms with Crippen LogP contribution in [0.4, 0.5) is 11.8 Å². The number of fused-ring (bicyclic) bond motifs is 1. The monoisotopic (exact) mass is 419 g/mol. The number of para-hydroxylation sites is 2. The largest absolute Gasteiger partial charge is 0.492 e. The Morgan fingerprint density at radius 2 is 1.65 bits per heavy atom. The zero-order valence-corrected chi connectivity index (χ0v) is 18.8. The number of benzene rings is 2. The molecule has 2 aromatic carbocycles. The molecular formula is C25H33N5O. The summed E-state index contributed by atoms with van der Waals surface area (Å²) < 4.78 is 5.90. The first-order chi connectivity index (χ1) is 15.1. The van der Waals surface area contributed by atoms with E-state index in [2.05, 4.69) is 40.7 Å². The second kappa shape index (κ2) is 9.96. The summed E-state index contributed by atoms with van der Waals surface area (Å²) in [6.07, 6.45) is 4.53. The van der Waals surface area contributed by atoms with Crippen molar-refractivity contribution in [3.8, 4) is 5.75 Å². The second-order valence-corrected chi connectivity index (χ2v) is 8.54. The fourth-order valence-electron chi connectivity index (χ4n) is 4.23. The van der Waals surface area contributed by atoms with E-state index in [0.29, 0.717) is 18.7 Å². The smallest absolute Gasteiger partial charge is 0.225 e. The third kappa shape index (κ3) is 5.44. The van der Waals surface area contributed by atoms with Crippen LogP contribution in [0.5, 0.6) is 5.75 Å². The standard InChI is InChI=1S/C25H33N5O/c1-18-8-4-7-11-23(18)31-17-16-26-19-12-14-20(15-13-19)27-25-28-22-10-6-5-9-21(22)24(29-25)30(2)3/h4-11,19-20,26H,12-17H2,1-3H3,(H,27,28,29). The topological polar surface area (TPSA) is 62.3 Å². The number of rotatable bonds is 8. The van der Waals surface area contributed by atoms with E-state index in [1.165, 1.54) is 5.56 Å². The summed E-state index contributed by atoms with van der Waals surface area (Å²) in [5, 5.41) is 8.32. The van der Waals surface area contributed by atoms with E-state index >= 15 is 0 Å². The Morgan fingerprint density at radius 3 is 2.42 bits per heavy atom. The van der Waals surface area contributed by atoms with Gasteiger partial charge in [0.1, 0.15) is 18.2 Å². The summed E-state index contributed by atoms with van der Waals surface area (Å²) >= 11 is 0. The minimum atomic E-state index is 0.414. The van der Waals surface area contributed by atoms with Crippen molar-refractivity contribution < 1.29 is 4.74 Å². The Labute approximate surface area is 185 Å². The van der Waals surface area contributed by atoms with Crippen molar-refractivity contribution >= 4 is 22.7 Å². The molecular weight excluding hydrogens is 386 g/mol. The molecule has 4 rings (SSSR count). The van der Waals surface area contributed by atoms with Crippen LogP contribution in [0.3, 0.4) is 0 Å². The normalized spacial score (nSPS) is 18.7. The maximum absolute atomic E-state index is 5.90. The predicted octanol–water partition coefficient (Wildman–Crippen LogP) is 4.40. The number of nitrogens with one attached hydrogen (secondary N) is 2. The van der Waals surface area contributed by atoms with E-state index in [1.54, 1.807) is 0 Å². The van der Waals surface area contributed by atoms with Crippen LogP contribution in [0.15, 0.2) is 48.5 Å². The Balaban J connectivity index is 1.25. The molecule has 0 spiro atoms. The van der Waals surface area contributed by atoms with Crippen LogP contribution in [0.2, 0.25) is 0 Å². The molecule has 1 heterocycles. The summed E-state index contributed by atoms with van der Waals surface area (Å²) in [6.45, 7) is 3.65. The van der Waals surface area contributed by atoms with Crippen LogP contribution >= 0.6 is 0 Å². The van der Waals surface area contributed by atoms with Gasteiger partial charge < -0.3 is 20.3 Å². The second-order valence-electron chi connectivity index (χ2n) is 8.54. The van der Waals surface area contributed by atoms with Crippen LogP contribution in [0.25, 0.3) is 10.9 Å². The van der Waals surface area contributed by atoms with E-state index in [-0.39, 0.29) is 0 Å². The molecule has 0 bridgehead atoms. The van der Waals surface area contributed by atoms with Gasteiger partial charge in [-0.3, -0.25) is 0 Å². The summed E-state index contributed by atoms with van der Waals surface area (Å²) in [5.41, 5.74) is 2.16. The summed E-state index contributed by atoms with van der Waals surface area (Å²) in [5.74, 6) is 2.66. The molecule has 0 radical (unpaired) electrons. The summed E-state index contributed by atoms with van der Waals surface area (Å²) in [7, 11) is 4.05. The molecule has 31 heavy (non-hydrogen) atoms. The zero-order valence-electron chi connectivity index (χ0n) is 18.8. The third-order valence-electron chi connectivity index (χ3n) is 5.95. The van der Waals surface area contributed by atoms with Crippen molar-refractivity contribution in [2.75, 3.05) is 37.5 Å². The van der Waals surface area contributed by atoms with E-state index in [9.17, 15) is 0 Å². The van der Waals surface area contributed by atoms with Crippen LogP contribution in [0, 0.1) is 6.92 Å². The first kappa shape index (κ1) is 21.4. The van der Waals surface area contributed by atoms with Crippen molar-refractivity contribution in [2.24, 2.45) is 0 Å². The van der Waals surface area contributed by atoms with E-state index in [1.807, 2.05) is 44.4 Å². The Bertz CT molecular complexity index is 998. The van der Waals surface area contributed by atoms with E-state index < -0.39 is 0 Å². The van der Waals surface area contributed by atoms with Crippen molar-refractivity contribution in [2.45, 2.75) is 44.7 Å². The third-order valence-corrected chi connectivity index (χ3v) is 5.95. The SMILES string of the molecule is Cc1ccccc1OCCNC1CCC(Nc2nc(N(C)C)c3ccccc3n2)CC1. The van der Waals surface area contributed by atoms with Gasteiger partial charge in [-0.2, -0.15) is 4.98 Å². The Morgan fingerprint density at radius 1 is 0.935 bits per heavy atom. The molecule has 1 aliphatic carbocycles. The molecule has 1 saturated carbocycles. The average molecular weight is 420 g/mol. The molecule has 2 N–H and O–H groups in total. The van der Waals surface area contributed by atoms with Gasteiger partial charge in [0.25, 0.3) is 0 Å². The molecule has 164 valence electrons. The zero-order chi connectivity index (χ0) is 21.6. The first-order valence-electron chi connectivity index (χ1n) is 11.2. The number of nitrogens with zero attached hydrogens (tertiary/aromatic N) is 3. The highest BCUT2D eigenvalue weighted by molar-refractivity contribution is 5.90. The Kier molecular flexibility index (Phi) is 6.87. The van der Waals surface area contributed by atoms with Crippen LogP contribution < -0.4 is 20.3 Å². The van der Waals surface area contributed by atoms with Crippen LogP contribution in [-0.4, -0.2) is 49.3 Å². The number of hydrogen-bond acceptors (Lipinski definition) is 6. The van der Waals surface area contributed by atoms with Gasteiger partial charge >= 0.3 is 0 Å². The molecule has 0 aliphatic heterocycles. The van der Waals surface area contributed by atoms with Gasteiger partial charge in [0.2, 0.25) is 5.95 Å². The lowest BCUT2D eigenvalue weighted by Gasteiger charge is -2.30. The molecule has 0 unspecified atom stereocenters.